The molecule has 1 aromatic carbocycles. The van der Waals surface area contributed by atoms with Gasteiger partial charge in [-0.1, -0.05) is 19.1 Å². The number of nitrogens with zero attached hydrogens (tertiary/aromatic N) is 4. The predicted molar refractivity (Wildman–Crippen MR) is 122 cm³/mol. The number of anilines is 2. The highest BCUT2D eigenvalue weighted by atomic mass is 16.7. The molecule has 160 valence electrons. The Morgan fingerprint density at radius 1 is 1.16 bits per heavy atom. The number of hydrogen-bond acceptors (Lipinski definition) is 6. The maximum Gasteiger partial charge on any atom is 0.208 e. The topological polar surface area (TPSA) is 87.1 Å². The van der Waals surface area contributed by atoms with Crippen LogP contribution in [0.15, 0.2) is 60.4 Å². The van der Waals surface area contributed by atoms with Gasteiger partial charge in [0.05, 0.1) is 28.7 Å². The van der Waals surface area contributed by atoms with Gasteiger partial charge in [0.1, 0.15) is 11.9 Å². The fourth-order valence-corrected chi connectivity index (χ4v) is 3.94. The Kier molecular flexibility index (Phi) is 5.21. The number of nitriles is 1. The van der Waals surface area contributed by atoms with Gasteiger partial charge in [-0.15, -0.1) is 0 Å². The fraction of sp³-hybridized carbons (Fsp3) is 0.240. The largest absolute Gasteiger partial charge is 0.469 e. The average molecular weight is 425 g/mol. The van der Waals surface area contributed by atoms with Crippen molar-refractivity contribution in [3.63, 3.8) is 0 Å². The highest BCUT2D eigenvalue weighted by Crippen LogP contribution is 2.37. The number of H-pyrrole nitrogens is 1. The van der Waals surface area contributed by atoms with E-state index in [1.807, 2.05) is 48.4 Å². The maximum atomic E-state index is 9.08. The molecule has 3 aromatic rings. The van der Waals surface area contributed by atoms with Crippen LogP contribution in [0.5, 0.6) is 0 Å². The summed E-state index contributed by atoms with van der Waals surface area (Å²) in [4.78, 5) is 15.3. The summed E-state index contributed by atoms with van der Waals surface area (Å²) in [5.74, 6) is 1.56. The zero-order chi connectivity index (χ0) is 22.1. The van der Waals surface area contributed by atoms with E-state index in [1.54, 1.807) is 12.1 Å². The maximum absolute atomic E-state index is 9.08. The number of benzene rings is 1. The van der Waals surface area contributed by atoms with Crippen molar-refractivity contribution in [3.05, 3.63) is 77.3 Å². The van der Waals surface area contributed by atoms with Crippen LogP contribution < -0.4 is 4.90 Å². The van der Waals surface area contributed by atoms with Gasteiger partial charge in [0.25, 0.3) is 0 Å². The summed E-state index contributed by atoms with van der Waals surface area (Å²) in [5.41, 5.74) is 6.22. The monoisotopic (exact) mass is 425 g/mol. The van der Waals surface area contributed by atoms with E-state index in [1.165, 1.54) is 0 Å². The number of imidazole rings is 1. The normalized spacial score (nSPS) is 17.1. The molecule has 7 nitrogen and oxygen atoms in total. The Morgan fingerprint density at radius 3 is 2.78 bits per heavy atom. The molecule has 5 rings (SSSR count). The number of rotatable bonds is 5. The number of aromatic nitrogens is 3. The Hall–Kier alpha value is -3.89. The lowest BCUT2D eigenvalue weighted by molar-refractivity contribution is 0.0515. The number of hydrogen-bond donors (Lipinski definition) is 1. The summed E-state index contributed by atoms with van der Waals surface area (Å²) in [5, 5.41) is 9.08. The van der Waals surface area contributed by atoms with E-state index in [9.17, 15) is 0 Å². The molecule has 1 aliphatic heterocycles. The third kappa shape index (κ3) is 3.66. The van der Waals surface area contributed by atoms with Gasteiger partial charge in [0.15, 0.2) is 6.79 Å². The third-order valence-corrected chi connectivity index (χ3v) is 5.79. The van der Waals surface area contributed by atoms with Crippen molar-refractivity contribution in [2.75, 3.05) is 18.7 Å². The van der Waals surface area contributed by atoms with Crippen molar-refractivity contribution >= 4 is 17.2 Å². The van der Waals surface area contributed by atoms with Crippen molar-refractivity contribution < 1.29 is 9.47 Å². The Balaban J connectivity index is 1.58. The summed E-state index contributed by atoms with van der Waals surface area (Å²) in [6.45, 7) is 2.38. The van der Waals surface area contributed by atoms with Crippen LogP contribution in [0.1, 0.15) is 30.3 Å². The van der Waals surface area contributed by atoms with Crippen LogP contribution >= 0.6 is 0 Å². The van der Waals surface area contributed by atoms with E-state index in [0.29, 0.717) is 17.9 Å². The van der Waals surface area contributed by atoms with Gasteiger partial charge in [-0.2, -0.15) is 5.26 Å². The Morgan fingerprint density at radius 2 is 2.00 bits per heavy atom. The minimum absolute atomic E-state index is 0.0748. The first kappa shape index (κ1) is 20.0. The fourth-order valence-electron chi connectivity index (χ4n) is 3.94. The molecule has 0 saturated carbocycles. The summed E-state index contributed by atoms with van der Waals surface area (Å²) in [6.07, 6.45) is 5.49. The van der Waals surface area contributed by atoms with Gasteiger partial charge >= 0.3 is 0 Å². The quantitative estimate of drug-likeness (QED) is 0.637. The molecule has 2 aromatic heterocycles. The SMILES string of the molecule is CCc1cccc(-c2[nH]c(N(C)c3ccc(C#N)cc3)nc2C2=CC=C3OCOC3C2)n1. The van der Waals surface area contributed by atoms with Crippen LogP contribution in [0.4, 0.5) is 11.6 Å². The Bertz CT molecular complexity index is 1250. The second-order valence-corrected chi connectivity index (χ2v) is 7.75. The van der Waals surface area contributed by atoms with Gasteiger partial charge in [-0.25, -0.2) is 4.98 Å². The van der Waals surface area contributed by atoms with Crippen molar-refractivity contribution in [3.8, 4) is 17.5 Å². The number of allylic oxidation sites excluding steroid dienone is 2. The number of aromatic amines is 1. The molecule has 7 heteroatoms. The molecular weight excluding hydrogens is 402 g/mol. The molecule has 3 heterocycles. The highest BCUT2D eigenvalue weighted by molar-refractivity contribution is 5.80. The van der Waals surface area contributed by atoms with Crippen LogP contribution in [0.25, 0.3) is 17.0 Å². The number of nitrogens with one attached hydrogen (secondary N) is 1. The first-order valence-corrected chi connectivity index (χ1v) is 10.6. The molecule has 0 radical (unpaired) electrons. The van der Waals surface area contributed by atoms with Gasteiger partial charge in [-0.05, 0) is 54.5 Å². The molecule has 0 amide bonds. The molecule has 0 spiro atoms. The van der Waals surface area contributed by atoms with E-state index in [-0.39, 0.29) is 12.9 Å². The highest BCUT2D eigenvalue weighted by Gasteiger charge is 2.30. The van der Waals surface area contributed by atoms with Crippen LogP contribution in [0, 0.1) is 11.3 Å². The number of pyridine rings is 1. The van der Waals surface area contributed by atoms with Gasteiger partial charge < -0.3 is 19.4 Å². The van der Waals surface area contributed by atoms with Crippen molar-refractivity contribution in [2.24, 2.45) is 0 Å². The minimum Gasteiger partial charge on any atom is -0.469 e. The molecule has 1 saturated heterocycles. The van der Waals surface area contributed by atoms with Gasteiger partial charge in [0, 0.05) is 24.8 Å². The van der Waals surface area contributed by atoms with E-state index >= 15 is 0 Å². The molecule has 1 atom stereocenters. The lowest BCUT2D eigenvalue weighted by Gasteiger charge is -2.16. The van der Waals surface area contributed by atoms with Crippen LogP contribution in [-0.4, -0.2) is 34.9 Å². The molecule has 2 aliphatic rings. The number of ether oxygens (including phenoxy) is 2. The summed E-state index contributed by atoms with van der Waals surface area (Å²) in [7, 11) is 1.95. The van der Waals surface area contributed by atoms with Crippen LogP contribution in [0.2, 0.25) is 0 Å². The lowest BCUT2D eigenvalue weighted by Crippen LogP contribution is -2.12. The molecule has 1 N–H and O–H groups in total. The second kappa shape index (κ2) is 8.33. The molecule has 1 unspecified atom stereocenters. The lowest BCUT2D eigenvalue weighted by atomic mass is 9.96. The number of aryl methyl sites for hydroxylation is 1. The molecule has 1 fully saturated rings. The minimum atomic E-state index is -0.0748. The van der Waals surface area contributed by atoms with Crippen molar-refractivity contribution in [1.82, 2.24) is 15.0 Å². The Labute approximate surface area is 186 Å². The zero-order valence-electron chi connectivity index (χ0n) is 18.0. The first-order valence-electron chi connectivity index (χ1n) is 10.6. The summed E-state index contributed by atoms with van der Waals surface area (Å²) >= 11 is 0. The summed E-state index contributed by atoms with van der Waals surface area (Å²) in [6, 6.07) is 15.6. The van der Waals surface area contributed by atoms with Crippen LogP contribution in [-0.2, 0) is 15.9 Å². The van der Waals surface area contributed by atoms with E-state index in [4.69, 9.17) is 24.7 Å². The zero-order valence-corrected chi connectivity index (χ0v) is 18.0. The van der Waals surface area contributed by atoms with Crippen molar-refractivity contribution in [1.29, 1.82) is 5.26 Å². The summed E-state index contributed by atoms with van der Waals surface area (Å²) < 4.78 is 11.2. The van der Waals surface area contributed by atoms with Gasteiger partial charge in [-0.3, -0.25) is 4.98 Å². The van der Waals surface area contributed by atoms with E-state index < -0.39 is 0 Å². The van der Waals surface area contributed by atoms with Gasteiger partial charge in [0.2, 0.25) is 5.95 Å². The van der Waals surface area contributed by atoms with E-state index in [2.05, 4.69) is 24.1 Å². The van der Waals surface area contributed by atoms with Crippen LogP contribution in [0.3, 0.4) is 0 Å². The molecule has 0 bridgehead atoms. The first-order chi connectivity index (χ1) is 15.7. The van der Waals surface area contributed by atoms with Crippen molar-refractivity contribution in [2.45, 2.75) is 25.9 Å². The molecule has 1 aliphatic carbocycles. The third-order valence-electron chi connectivity index (χ3n) is 5.79. The number of fused-ring (bicyclic) bond motifs is 1. The van der Waals surface area contributed by atoms with E-state index in [0.717, 1.165) is 46.2 Å². The predicted octanol–water partition coefficient (Wildman–Crippen LogP) is 4.72. The standard InChI is InChI=1S/C25H23N5O2/c1-3-18-5-4-6-20(27-18)24-23(17-9-12-21-22(13-17)32-15-31-21)28-25(29-24)30(2)19-10-7-16(14-26)8-11-19/h4-12,22H,3,13,15H2,1-2H3,(H,28,29). The molecule has 32 heavy (non-hydrogen) atoms. The smallest absolute Gasteiger partial charge is 0.208 e. The molecular formula is C25H23N5O2. The average Bonchev–Trinajstić information content (AvgIpc) is 3.50. The second-order valence-electron chi connectivity index (χ2n) is 7.75.